The maximum absolute atomic E-state index is 5.40. The Labute approximate surface area is 147 Å². The van der Waals surface area contributed by atoms with Gasteiger partial charge in [0.15, 0.2) is 11.5 Å². The van der Waals surface area contributed by atoms with Crippen LogP contribution in [0.25, 0.3) is 0 Å². The van der Waals surface area contributed by atoms with Crippen LogP contribution in [-0.2, 0) is 6.54 Å². The number of ether oxygens (including phenoxy) is 2. The summed E-state index contributed by atoms with van der Waals surface area (Å²) in [4.78, 5) is 0. The molecule has 1 fully saturated rings. The van der Waals surface area contributed by atoms with Gasteiger partial charge in [0.1, 0.15) is 0 Å². The minimum absolute atomic E-state index is 0.238. The number of methoxy groups -OCH3 is 2. The van der Waals surface area contributed by atoms with Gasteiger partial charge in [0.2, 0.25) is 0 Å². The van der Waals surface area contributed by atoms with Gasteiger partial charge in [-0.2, -0.15) is 0 Å². The molecular weight excluding hydrogens is 358 g/mol. The molecule has 0 bridgehead atoms. The summed E-state index contributed by atoms with van der Waals surface area (Å²) >= 11 is 3.54. The largest absolute Gasteiger partial charge is 0.493 e. The van der Waals surface area contributed by atoms with Gasteiger partial charge in [-0.05, 0) is 39.0 Å². The maximum Gasteiger partial charge on any atom is 0.174 e. The smallest absolute Gasteiger partial charge is 0.174 e. The van der Waals surface area contributed by atoms with Crippen molar-refractivity contribution < 1.29 is 9.47 Å². The maximum atomic E-state index is 5.40. The second-order valence-corrected chi connectivity index (χ2v) is 7.93. The predicted octanol–water partition coefficient (Wildman–Crippen LogP) is 2.69. The van der Waals surface area contributed by atoms with Crippen LogP contribution in [0.4, 0.5) is 0 Å². The Kier molecular flexibility index (Phi) is 6.31. The molecule has 1 aliphatic heterocycles. The van der Waals surface area contributed by atoms with Crippen molar-refractivity contribution in [3.8, 4) is 11.5 Å². The van der Waals surface area contributed by atoms with Gasteiger partial charge in [0, 0.05) is 31.6 Å². The molecule has 1 aromatic rings. The van der Waals surface area contributed by atoms with Crippen LogP contribution >= 0.6 is 15.9 Å². The Balaban J connectivity index is 1.95. The molecule has 0 aromatic heterocycles. The molecule has 1 heterocycles. The molecule has 2 rings (SSSR count). The van der Waals surface area contributed by atoms with Gasteiger partial charge in [-0.3, -0.25) is 10.9 Å². The Bertz CT molecular complexity index is 531. The number of nitrogens with one attached hydrogen (secondary N) is 3. The first kappa shape index (κ1) is 18.5. The number of hydrogen-bond acceptors (Lipinski definition) is 5. The van der Waals surface area contributed by atoms with Gasteiger partial charge in [-0.15, -0.1) is 0 Å². The predicted molar refractivity (Wildman–Crippen MR) is 96.8 cm³/mol. The zero-order valence-electron chi connectivity index (χ0n) is 14.6. The van der Waals surface area contributed by atoms with Crippen LogP contribution in [0.3, 0.4) is 0 Å². The van der Waals surface area contributed by atoms with E-state index in [1.165, 1.54) is 5.56 Å². The van der Waals surface area contributed by atoms with E-state index in [9.17, 15) is 0 Å². The van der Waals surface area contributed by atoms with Crippen LogP contribution in [0.15, 0.2) is 16.6 Å². The van der Waals surface area contributed by atoms with E-state index < -0.39 is 0 Å². The Hall–Kier alpha value is -0.820. The van der Waals surface area contributed by atoms with Crippen LogP contribution in [0, 0.1) is 11.3 Å². The topological polar surface area (TPSA) is 54.5 Å². The molecule has 0 spiro atoms. The van der Waals surface area contributed by atoms with E-state index in [0.29, 0.717) is 12.0 Å². The fourth-order valence-electron chi connectivity index (χ4n) is 3.12. The first-order chi connectivity index (χ1) is 10.9. The van der Waals surface area contributed by atoms with Gasteiger partial charge in [0.05, 0.1) is 18.7 Å². The normalized spacial score (nSPS) is 21.5. The quantitative estimate of drug-likeness (QED) is 0.702. The van der Waals surface area contributed by atoms with Gasteiger partial charge < -0.3 is 14.8 Å². The second kappa shape index (κ2) is 7.83. The Morgan fingerprint density at radius 2 is 2.00 bits per heavy atom. The van der Waals surface area contributed by atoms with Gasteiger partial charge in [-0.1, -0.05) is 20.8 Å². The van der Waals surface area contributed by atoms with Crippen LogP contribution < -0.4 is 25.6 Å². The van der Waals surface area contributed by atoms with E-state index in [4.69, 9.17) is 9.47 Å². The van der Waals surface area contributed by atoms with E-state index in [0.717, 1.165) is 35.6 Å². The van der Waals surface area contributed by atoms with Gasteiger partial charge in [0.25, 0.3) is 0 Å². The highest BCUT2D eigenvalue weighted by molar-refractivity contribution is 9.10. The van der Waals surface area contributed by atoms with E-state index in [1.807, 2.05) is 6.07 Å². The van der Waals surface area contributed by atoms with Crippen LogP contribution in [0.1, 0.15) is 26.3 Å². The van der Waals surface area contributed by atoms with Crippen molar-refractivity contribution in [2.24, 2.45) is 11.3 Å². The standard InChI is InChI=1S/C17H28BrN3O2/c1-17(2,3)16-12(10-20-21-16)9-19-8-11-6-13(18)15(23-5)14(7-11)22-4/h6-7,12,16,19-21H,8-10H2,1-5H3. The van der Waals surface area contributed by atoms with Gasteiger partial charge >= 0.3 is 0 Å². The molecule has 2 atom stereocenters. The third kappa shape index (κ3) is 4.59. The summed E-state index contributed by atoms with van der Waals surface area (Å²) in [6.07, 6.45) is 0. The minimum atomic E-state index is 0.238. The van der Waals surface area contributed by atoms with Crippen molar-refractivity contribution in [3.63, 3.8) is 0 Å². The zero-order chi connectivity index (χ0) is 17.0. The zero-order valence-corrected chi connectivity index (χ0v) is 16.2. The SMILES string of the molecule is COc1cc(CNCC2CNNC2C(C)(C)C)cc(Br)c1OC. The highest BCUT2D eigenvalue weighted by Crippen LogP contribution is 2.36. The van der Waals surface area contributed by atoms with Crippen molar-refractivity contribution in [2.75, 3.05) is 27.3 Å². The van der Waals surface area contributed by atoms with Gasteiger partial charge in [-0.25, -0.2) is 0 Å². The second-order valence-electron chi connectivity index (χ2n) is 7.07. The van der Waals surface area contributed by atoms with E-state index in [-0.39, 0.29) is 5.41 Å². The van der Waals surface area contributed by atoms with E-state index >= 15 is 0 Å². The molecule has 23 heavy (non-hydrogen) atoms. The van der Waals surface area contributed by atoms with Crippen LogP contribution in [0.2, 0.25) is 0 Å². The molecule has 1 saturated heterocycles. The van der Waals surface area contributed by atoms with Crippen molar-refractivity contribution in [1.29, 1.82) is 0 Å². The number of hydrogen-bond donors (Lipinski definition) is 3. The Morgan fingerprint density at radius 3 is 2.61 bits per heavy atom. The fraction of sp³-hybridized carbons (Fsp3) is 0.647. The first-order valence-electron chi connectivity index (χ1n) is 7.96. The van der Waals surface area contributed by atoms with Crippen molar-refractivity contribution in [2.45, 2.75) is 33.4 Å². The lowest BCUT2D eigenvalue weighted by molar-refractivity contribution is 0.235. The van der Waals surface area contributed by atoms with Crippen molar-refractivity contribution in [1.82, 2.24) is 16.2 Å². The molecule has 0 saturated carbocycles. The number of halogens is 1. The fourth-order valence-corrected chi connectivity index (χ4v) is 3.78. The summed E-state index contributed by atoms with van der Waals surface area (Å²) < 4.78 is 11.7. The number of rotatable bonds is 6. The lowest BCUT2D eigenvalue weighted by Crippen LogP contribution is -2.44. The molecule has 0 radical (unpaired) electrons. The Morgan fingerprint density at radius 1 is 1.26 bits per heavy atom. The molecule has 6 heteroatoms. The average molecular weight is 386 g/mol. The molecule has 0 aliphatic carbocycles. The molecule has 130 valence electrons. The summed E-state index contributed by atoms with van der Waals surface area (Å²) in [5, 5.41) is 3.56. The molecule has 0 amide bonds. The lowest BCUT2D eigenvalue weighted by Gasteiger charge is -2.31. The molecule has 1 aromatic carbocycles. The van der Waals surface area contributed by atoms with E-state index in [1.54, 1.807) is 14.2 Å². The van der Waals surface area contributed by atoms with Crippen molar-refractivity contribution in [3.05, 3.63) is 22.2 Å². The van der Waals surface area contributed by atoms with Crippen molar-refractivity contribution >= 4 is 15.9 Å². The summed E-state index contributed by atoms with van der Waals surface area (Å²) in [5.41, 5.74) is 8.10. The summed E-state index contributed by atoms with van der Waals surface area (Å²) in [7, 11) is 3.30. The molecule has 5 nitrogen and oxygen atoms in total. The number of hydrazine groups is 1. The average Bonchev–Trinajstić information content (AvgIpc) is 2.95. The summed E-state index contributed by atoms with van der Waals surface area (Å²) in [5.74, 6) is 2.04. The third-order valence-electron chi connectivity index (χ3n) is 4.26. The highest BCUT2D eigenvalue weighted by Gasteiger charge is 2.35. The third-order valence-corrected chi connectivity index (χ3v) is 4.84. The number of benzene rings is 1. The summed E-state index contributed by atoms with van der Waals surface area (Å²) in [6.45, 7) is 9.58. The van der Waals surface area contributed by atoms with E-state index in [2.05, 4.69) is 58.9 Å². The molecular formula is C17H28BrN3O2. The molecule has 3 N–H and O–H groups in total. The molecule has 2 unspecified atom stereocenters. The summed E-state index contributed by atoms with van der Waals surface area (Å²) in [6, 6.07) is 4.55. The monoisotopic (exact) mass is 385 g/mol. The van der Waals surface area contributed by atoms with Crippen LogP contribution in [0.5, 0.6) is 11.5 Å². The minimum Gasteiger partial charge on any atom is -0.493 e. The highest BCUT2D eigenvalue weighted by atomic mass is 79.9. The lowest BCUT2D eigenvalue weighted by atomic mass is 9.80. The first-order valence-corrected chi connectivity index (χ1v) is 8.75. The van der Waals surface area contributed by atoms with Crippen LogP contribution in [-0.4, -0.2) is 33.4 Å². The molecule has 1 aliphatic rings.